The quantitative estimate of drug-likeness (QED) is 0.419. The number of allylic oxidation sites excluding steroid dienone is 1. The average Bonchev–Trinajstić information content (AvgIpc) is 2.38. The number of aryl methyl sites for hydroxylation is 2. The molecule has 1 aromatic rings. The molecule has 0 heterocycles. The molecule has 0 amide bonds. The summed E-state index contributed by atoms with van der Waals surface area (Å²) in [6.07, 6.45) is 2.34. The van der Waals surface area contributed by atoms with Crippen molar-refractivity contribution in [2.45, 2.75) is 25.0 Å². The normalized spacial score (nSPS) is 16.3. The van der Waals surface area contributed by atoms with Crippen LogP contribution >= 0.6 is 0 Å². The van der Waals surface area contributed by atoms with Crippen molar-refractivity contribution >= 4 is 6.08 Å². The molecular weight excluding hydrogens is 298 g/mol. The molecule has 0 bridgehead atoms. The summed E-state index contributed by atoms with van der Waals surface area (Å²) < 4.78 is 0.620. The Labute approximate surface area is 128 Å². The Kier molecular flexibility index (Phi) is 8.37. The monoisotopic (exact) mass is 310 g/mol. The predicted molar refractivity (Wildman–Crippen MR) is 52.3 cm³/mol. The first-order valence-electron chi connectivity index (χ1n) is 4.60. The molecule has 0 nitrogen and oxygen atoms in total. The molecule has 1 aliphatic carbocycles. The van der Waals surface area contributed by atoms with Crippen molar-refractivity contribution in [2.75, 3.05) is 0 Å². The number of benzene rings is 1. The van der Waals surface area contributed by atoms with Gasteiger partial charge in [-0.3, -0.25) is 0 Å². The number of fused-ring (bicyclic) bond motifs is 1. The van der Waals surface area contributed by atoms with Crippen molar-refractivity contribution in [3.05, 3.63) is 40.0 Å². The molecule has 1 atom stereocenters. The van der Waals surface area contributed by atoms with Crippen molar-refractivity contribution in [2.24, 2.45) is 0 Å². The van der Waals surface area contributed by atoms with Crippen LogP contribution in [-0.2, 0) is 20.4 Å². The van der Waals surface area contributed by atoms with Gasteiger partial charge in [0.25, 0.3) is 0 Å². The molecule has 1 unspecified atom stereocenters. The molecule has 0 aliphatic heterocycles. The topological polar surface area (TPSA) is 0 Å². The molecule has 0 spiro atoms. The molecule has 16 heavy (non-hydrogen) atoms. The van der Waals surface area contributed by atoms with Crippen LogP contribution in [0.1, 0.15) is 33.4 Å². The van der Waals surface area contributed by atoms with Crippen LogP contribution in [0.2, 0.25) is 0 Å². The number of hydrogen-bond donors (Lipinski definition) is 0. The van der Waals surface area contributed by atoms with Crippen molar-refractivity contribution in [1.29, 1.82) is 0 Å². The first-order valence-corrected chi connectivity index (χ1v) is 5.51. The summed E-state index contributed by atoms with van der Waals surface area (Å²) in [7, 11) is 0. The van der Waals surface area contributed by atoms with Crippen LogP contribution in [0.5, 0.6) is 0 Å². The van der Waals surface area contributed by atoms with E-state index < -0.39 is 0 Å². The molecule has 1 aliphatic rings. The SMILES string of the molecule is CC1=Cc2c(C)ccc(C)c2[CH]1[Ti+3].[Cl-].[Cl-].[Cl-]. The minimum atomic E-state index is 0. The van der Waals surface area contributed by atoms with Crippen molar-refractivity contribution < 1.29 is 57.7 Å². The summed E-state index contributed by atoms with van der Waals surface area (Å²) in [6, 6.07) is 4.45. The van der Waals surface area contributed by atoms with Gasteiger partial charge in [-0.25, -0.2) is 0 Å². The molecule has 0 fully saturated rings. The van der Waals surface area contributed by atoms with Crippen molar-refractivity contribution in [3.63, 3.8) is 0 Å². The van der Waals surface area contributed by atoms with E-state index in [1.807, 2.05) is 0 Å². The fraction of sp³-hybridized carbons (Fsp3) is 0.333. The second-order valence-corrected chi connectivity index (χ2v) is 4.75. The van der Waals surface area contributed by atoms with Crippen molar-refractivity contribution in [3.8, 4) is 0 Å². The van der Waals surface area contributed by atoms with Gasteiger partial charge in [-0.05, 0) is 0 Å². The Morgan fingerprint density at radius 1 is 0.938 bits per heavy atom. The molecule has 0 N–H and O–H groups in total. The smallest absolute Gasteiger partial charge is 1.00 e. The van der Waals surface area contributed by atoms with Gasteiger partial charge in [-0.1, -0.05) is 0 Å². The molecule has 4 heteroatoms. The minimum absolute atomic E-state index is 0. The molecule has 0 aromatic heterocycles. The summed E-state index contributed by atoms with van der Waals surface area (Å²) in [6.45, 7) is 6.63. The minimum Gasteiger partial charge on any atom is -1.00 e. The van der Waals surface area contributed by atoms with E-state index in [0.717, 1.165) is 0 Å². The van der Waals surface area contributed by atoms with Crippen LogP contribution in [-0.4, -0.2) is 0 Å². The zero-order valence-electron chi connectivity index (χ0n) is 9.44. The number of hydrogen-bond acceptors (Lipinski definition) is 0. The summed E-state index contributed by atoms with van der Waals surface area (Å²) >= 11 is 2.30. The summed E-state index contributed by atoms with van der Waals surface area (Å²) in [5, 5.41) is 0. The number of halogens is 3. The molecule has 1 aromatic carbocycles. The molecular formula is C12H13Cl3Ti. The van der Waals surface area contributed by atoms with Crippen LogP contribution in [0.15, 0.2) is 17.7 Å². The average molecular weight is 311 g/mol. The van der Waals surface area contributed by atoms with Crippen molar-refractivity contribution in [1.82, 2.24) is 0 Å². The van der Waals surface area contributed by atoms with Gasteiger partial charge < -0.3 is 37.2 Å². The van der Waals surface area contributed by atoms with Crippen LogP contribution in [0.3, 0.4) is 0 Å². The Bertz CT molecular complexity index is 399. The van der Waals surface area contributed by atoms with Gasteiger partial charge in [0.15, 0.2) is 0 Å². The van der Waals surface area contributed by atoms with E-state index in [1.54, 1.807) is 0 Å². The van der Waals surface area contributed by atoms with E-state index >= 15 is 0 Å². The van der Waals surface area contributed by atoms with Crippen LogP contribution < -0.4 is 37.2 Å². The molecule has 2 rings (SSSR count). The largest absolute Gasteiger partial charge is 1.00 e. The summed E-state index contributed by atoms with van der Waals surface area (Å²) in [5.41, 5.74) is 7.33. The third-order valence-electron chi connectivity index (χ3n) is 2.84. The Hall–Kier alpha value is 0.544. The molecule has 0 radical (unpaired) electrons. The van der Waals surface area contributed by atoms with Gasteiger partial charge in [0, 0.05) is 0 Å². The van der Waals surface area contributed by atoms with Gasteiger partial charge in [-0.2, -0.15) is 0 Å². The van der Waals surface area contributed by atoms with Gasteiger partial charge in [-0.15, -0.1) is 0 Å². The molecule has 0 saturated carbocycles. The second kappa shape index (κ2) is 7.08. The Morgan fingerprint density at radius 3 is 1.94 bits per heavy atom. The summed E-state index contributed by atoms with van der Waals surface area (Å²) in [5.74, 6) is 0. The maximum atomic E-state index is 2.34. The standard InChI is InChI=1S/C12H13.3ClH.Ti/c1-8-6-11-9(2)4-5-10(3)12(11)7-8;;;;/h4-7H,1-3H3;3*1H;/q;;;;+3/p-3. The van der Waals surface area contributed by atoms with E-state index in [0.29, 0.717) is 4.22 Å². The maximum absolute atomic E-state index is 2.34. The fourth-order valence-corrected chi connectivity index (χ4v) is 2.70. The van der Waals surface area contributed by atoms with Crippen LogP contribution in [0, 0.1) is 13.8 Å². The Morgan fingerprint density at radius 2 is 1.44 bits per heavy atom. The maximum Gasteiger partial charge on any atom is -1.00 e. The van der Waals surface area contributed by atoms with Gasteiger partial charge >= 0.3 is 91.5 Å². The third kappa shape index (κ3) is 3.06. The zero-order valence-corrected chi connectivity index (χ0v) is 13.3. The van der Waals surface area contributed by atoms with E-state index in [4.69, 9.17) is 0 Å². The third-order valence-corrected chi connectivity index (χ3v) is 4.00. The van der Waals surface area contributed by atoms with Crippen LogP contribution in [0.4, 0.5) is 0 Å². The van der Waals surface area contributed by atoms with Gasteiger partial charge in [0.1, 0.15) is 0 Å². The first kappa shape index (κ1) is 18.9. The molecule has 0 saturated heterocycles. The van der Waals surface area contributed by atoms with Gasteiger partial charge in [0.2, 0.25) is 0 Å². The zero-order chi connectivity index (χ0) is 9.59. The van der Waals surface area contributed by atoms with E-state index in [2.05, 4.69) is 59.4 Å². The predicted octanol–water partition coefficient (Wildman–Crippen LogP) is -5.68. The van der Waals surface area contributed by atoms with E-state index in [1.165, 1.54) is 27.8 Å². The number of rotatable bonds is 0. The molecule has 86 valence electrons. The van der Waals surface area contributed by atoms with E-state index in [-0.39, 0.29) is 37.2 Å². The van der Waals surface area contributed by atoms with Crippen LogP contribution in [0.25, 0.3) is 6.08 Å². The second-order valence-electron chi connectivity index (χ2n) is 3.85. The first-order chi connectivity index (χ1) is 6.11. The fourth-order valence-electron chi connectivity index (χ4n) is 1.97. The van der Waals surface area contributed by atoms with Gasteiger partial charge in [0.05, 0.1) is 0 Å². The van der Waals surface area contributed by atoms with E-state index in [9.17, 15) is 0 Å². The summed E-state index contributed by atoms with van der Waals surface area (Å²) in [4.78, 5) is 0. The Balaban J connectivity index is 0.